The third-order valence-corrected chi connectivity index (χ3v) is 4.70. The van der Waals surface area contributed by atoms with Crippen LogP contribution in [0, 0.1) is 5.92 Å². The molecule has 6 heteroatoms. The summed E-state index contributed by atoms with van der Waals surface area (Å²) in [5, 5.41) is 2.82. The molecule has 1 atom stereocenters. The number of anilines is 1. The number of ether oxygens (including phenoxy) is 3. The molecule has 0 fully saturated rings. The first-order chi connectivity index (χ1) is 13.8. The van der Waals surface area contributed by atoms with E-state index in [4.69, 9.17) is 14.2 Å². The van der Waals surface area contributed by atoms with Crippen LogP contribution >= 0.6 is 0 Å². The van der Waals surface area contributed by atoms with Crippen LogP contribution < -0.4 is 14.8 Å². The van der Waals surface area contributed by atoms with E-state index in [9.17, 15) is 9.59 Å². The van der Waals surface area contributed by atoms with Crippen molar-refractivity contribution in [3.8, 4) is 11.5 Å². The summed E-state index contributed by atoms with van der Waals surface area (Å²) in [4.78, 5) is 25.0. The van der Waals surface area contributed by atoms with E-state index in [0.717, 1.165) is 12.0 Å². The van der Waals surface area contributed by atoms with Crippen LogP contribution in [0.3, 0.4) is 0 Å². The van der Waals surface area contributed by atoms with Crippen LogP contribution in [0.2, 0.25) is 0 Å². The van der Waals surface area contributed by atoms with Crippen LogP contribution in [0.15, 0.2) is 36.4 Å². The smallest absolute Gasteiger partial charge is 0.340 e. The minimum atomic E-state index is -0.577. The van der Waals surface area contributed by atoms with Crippen molar-refractivity contribution in [3.05, 3.63) is 53.1 Å². The average molecular weight is 399 g/mol. The molecule has 6 nitrogen and oxygen atoms in total. The minimum Gasteiger partial charge on any atom is -0.493 e. The average Bonchev–Trinajstić information content (AvgIpc) is 2.72. The molecule has 0 bridgehead atoms. The molecule has 1 amide bonds. The van der Waals surface area contributed by atoms with E-state index in [0.29, 0.717) is 23.1 Å². The Kier molecular flexibility index (Phi) is 7.65. The maximum absolute atomic E-state index is 12.9. The summed E-state index contributed by atoms with van der Waals surface area (Å²) >= 11 is 0. The van der Waals surface area contributed by atoms with Gasteiger partial charge in [-0.15, -0.1) is 0 Å². The van der Waals surface area contributed by atoms with Gasteiger partial charge in [-0.2, -0.15) is 0 Å². The van der Waals surface area contributed by atoms with Gasteiger partial charge in [-0.25, -0.2) is 4.79 Å². The third-order valence-electron chi connectivity index (χ3n) is 4.70. The number of carbonyl (C=O) groups excluding carboxylic acids is 2. The van der Waals surface area contributed by atoms with Crippen LogP contribution in [0.25, 0.3) is 0 Å². The van der Waals surface area contributed by atoms with Crippen molar-refractivity contribution in [1.82, 2.24) is 0 Å². The summed E-state index contributed by atoms with van der Waals surface area (Å²) in [7, 11) is 4.25. The molecule has 0 radical (unpaired) electrons. The molecule has 1 N–H and O–H groups in total. The first-order valence-electron chi connectivity index (χ1n) is 9.54. The number of methoxy groups -OCH3 is 3. The standard InChI is InChI=1S/C23H29NO5/c1-14(2)11-16-7-9-17(10-8-16)15(3)22(25)24-19-13-21(28-5)20(27-4)12-18(19)23(26)29-6/h7-10,12-15H,11H2,1-6H3,(H,24,25)/t15-/m0/s1. The zero-order valence-electron chi connectivity index (χ0n) is 17.9. The van der Waals surface area contributed by atoms with E-state index < -0.39 is 11.9 Å². The van der Waals surface area contributed by atoms with Crippen molar-refractivity contribution in [2.24, 2.45) is 5.92 Å². The fourth-order valence-electron chi connectivity index (χ4n) is 3.07. The van der Waals surface area contributed by atoms with Gasteiger partial charge in [0.2, 0.25) is 5.91 Å². The van der Waals surface area contributed by atoms with E-state index in [1.54, 1.807) is 6.07 Å². The number of nitrogens with one attached hydrogen (secondary N) is 1. The van der Waals surface area contributed by atoms with Gasteiger partial charge in [0.25, 0.3) is 0 Å². The number of esters is 1. The zero-order valence-corrected chi connectivity index (χ0v) is 17.9. The Morgan fingerprint density at radius 2 is 1.52 bits per heavy atom. The first kappa shape index (κ1) is 22.3. The van der Waals surface area contributed by atoms with E-state index in [2.05, 4.69) is 31.3 Å². The lowest BCUT2D eigenvalue weighted by atomic mass is 9.96. The molecule has 0 aliphatic heterocycles. The molecule has 0 unspecified atom stereocenters. The van der Waals surface area contributed by atoms with Gasteiger partial charge in [0.15, 0.2) is 11.5 Å². The van der Waals surface area contributed by atoms with E-state index >= 15 is 0 Å². The maximum atomic E-state index is 12.9. The van der Waals surface area contributed by atoms with Crippen molar-refractivity contribution in [2.75, 3.05) is 26.6 Å². The molecule has 29 heavy (non-hydrogen) atoms. The van der Waals surface area contributed by atoms with Crippen molar-refractivity contribution >= 4 is 17.6 Å². The molecule has 0 aliphatic carbocycles. The van der Waals surface area contributed by atoms with Gasteiger partial charge in [-0.1, -0.05) is 38.1 Å². The molecule has 156 valence electrons. The lowest BCUT2D eigenvalue weighted by molar-refractivity contribution is -0.117. The largest absolute Gasteiger partial charge is 0.493 e. The second-order valence-electron chi connectivity index (χ2n) is 7.29. The highest BCUT2D eigenvalue weighted by atomic mass is 16.5. The lowest BCUT2D eigenvalue weighted by Gasteiger charge is -2.17. The normalized spacial score (nSPS) is 11.7. The minimum absolute atomic E-state index is 0.193. The number of benzene rings is 2. The van der Waals surface area contributed by atoms with Crippen LogP contribution in [0.1, 0.15) is 48.2 Å². The third kappa shape index (κ3) is 5.50. The molecule has 2 aromatic carbocycles. The predicted octanol–water partition coefficient (Wildman–Crippen LogP) is 4.43. The van der Waals surface area contributed by atoms with Gasteiger partial charge in [0.05, 0.1) is 38.5 Å². The molecule has 2 aromatic rings. The highest BCUT2D eigenvalue weighted by Crippen LogP contribution is 2.34. The highest BCUT2D eigenvalue weighted by Gasteiger charge is 2.22. The second kappa shape index (κ2) is 9.96. The number of carbonyl (C=O) groups is 2. The SMILES string of the molecule is COC(=O)c1cc(OC)c(OC)cc1NC(=O)[C@@H](C)c1ccc(CC(C)C)cc1. The highest BCUT2D eigenvalue weighted by molar-refractivity contribution is 6.03. The summed E-state index contributed by atoms with van der Waals surface area (Å²) in [6.45, 7) is 6.17. The Balaban J connectivity index is 2.27. The summed E-state index contributed by atoms with van der Waals surface area (Å²) in [5.74, 6) is 0.136. The van der Waals surface area contributed by atoms with Crippen molar-refractivity contribution < 1.29 is 23.8 Å². The molecular weight excluding hydrogens is 370 g/mol. The molecule has 0 saturated carbocycles. The summed E-state index contributed by atoms with van der Waals surface area (Å²) in [6, 6.07) is 11.1. The lowest BCUT2D eigenvalue weighted by Crippen LogP contribution is -2.21. The van der Waals surface area contributed by atoms with Crippen LogP contribution in [0.4, 0.5) is 5.69 Å². The summed E-state index contributed by atoms with van der Waals surface area (Å²) in [5.41, 5.74) is 2.64. The van der Waals surface area contributed by atoms with E-state index in [1.807, 2.05) is 19.1 Å². The molecule has 2 rings (SSSR count). The maximum Gasteiger partial charge on any atom is 0.340 e. The quantitative estimate of drug-likeness (QED) is 0.665. The Morgan fingerprint density at radius 1 is 0.931 bits per heavy atom. The summed E-state index contributed by atoms with van der Waals surface area (Å²) < 4.78 is 15.4. The van der Waals surface area contributed by atoms with Gasteiger partial charge < -0.3 is 19.5 Å². The molecular formula is C23H29NO5. The van der Waals surface area contributed by atoms with Crippen LogP contribution in [-0.2, 0) is 16.0 Å². The topological polar surface area (TPSA) is 73.9 Å². The monoisotopic (exact) mass is 399 g/mol. The zero-order chi connectivity index (χ0) is 21.6. The molecule has 0 saturated heterocycles. The summed E-state index contributed by atoms with van der Waals surface area (Å²) in [6.07, 6.45) is 0.995. The van der Waals surface area contributed by atoms with Crippen LogP contribution in [0.5, 0.6) is 11.5 Å². The van der Waals surface area contributed by atoms with Crippen molar-refractivity contribution in [2.45, 2.75) is 33.1 Å². The number of rotatable bonds is 8. The van der Waals surface area contributed by atoms with Gasteiger partial charge in [-0.05, 0) is 30.4 Å². The van der Waals surface area contributed by atoms with Crippen molar-refractivity contribution in [1.29, 1.82) is 0 Å². The molecule has 0 aromatic heterocycles. The molecule has 0 spiro atoms. The van der Waals surface area contributed by atoms with Crippen LogP contribution in [-0.4, -0.2) is 33.2 Å². The number of amides is 1. The molecule has 0 heterocycles. The Labute approximate surface area is 172 Å². The van der Waals surface area contributed by atoms with Crippen molar-refractivity contribution in [3.63, 3.8) is 0 Å². The fraction of sp³-hybridized carbons (Fsp3) is 0.391. The van der Waals surface area contributed by atoms with Gasteiger partial charge in [0.1, 0.15) is 0 Å². The predicted molar refractivity (Wildman–Crippen MR) is 113 cm³/mol. The second-order valence-corrected chi connectivity index (χ2v) is 7.29. The van der Waals surface area contributed by atoms with Gasteiger partial charge >= 0.3 is 5.97 Å². The number of hydrogen-bond donors (Lipinski definition) is 1. The van der Waals surface area contributed by atoms with E-state index in [-0.39, 0.29) is 11.5 Å². The Bertz CT molecular complexity index is 858. The van der Waals surface area contributed by atoms with Gasteiger partial charge in [0, 0.05) is 12.1 Å². The Morgan fingerprint density at radius 3 is 2.03 bits per heavy atom. The Hall–Kier alpha value is -3.02. The van der Waals surface area contributed by atoms with Gasteiger partial charge in [-0.3, -0.25) is 4.79 Å². The molecule has 0 aliphatic rings. The first-order valence-corrected chi connectivity index (χ1v) is 9.54. The number of hydrogen-bond acceptors (Lipinski definition) is 5. The fourth-order valence-corrected chi connectivity index (χ4v) is 3.07. The van der Waals surface area contributed by atoms with E-state index in [1.165, 1.54) is 33.0 Å².